The zero-order valence-corrected chi connectivity index (χ0v) is 14.4. The lowest BCUT2D eigenvalue weighted by Gasteiger charge is -2.20. The molecule has 0 radical (unpaired) electrons. The van der Waals surface area contributed by atoms with E-state index in [0.29, 0.717) is 24.5 Å². The molecule has 124 valence electrons. The van der Waals surface area contributed by atoms with Gasteiger partial charge < -0.3 is 19.9 Å². The zero-order chi connectivity index (χ0) is 16.8. The van der Waals surface area contributed by atoms with Crippen molar-refractivity contribution in [1.29, 1.82) is 0 Å². The standard InChI is InChI=1S/C18H22ClNO3/c1-21-16-10-18(23-3)17(22-2)9-12(16)8-13(11-20)14-6-4-5-7-15(14)19/h4-7,9-10,13H,8,11,20H2,1-3H3. The third-order valence-corrected chi connectivity index (χ3v) is 4.23. The number of ether oxygens (including phenoxy) is 3. The summed E-state index contributed by atoms with van der Waals surface area (Å²) in [5.41, 5.74) is 8.02. The molecule has 5 heteroatoms. The second kappa shape index (κ2) is 8.09. The Morgan fingerprint density at radius 3 is 2.13 bits per heavy atom. The summed E-state index contributed by atoms with van der Waals surface area (Å²) in [4.78, 5) is 0. The van der Waals surface area contributed by atoms with Crippen LogP contribution in [0.1, 0.15) is 17.0 Å². The smallest absolute Gasteiger partial charge is 0.164 e. The molecule has 0 heterocycles. The van der Waals surface area contributed by atoms with E-state index in [1.807, 2.05) is 36.4 Å². The molecule has 0 bridgehead atoms. The summed E-state index contributed by atoms with van der Waals surface area (Å²) < 4.78 is 16.2. The summed E-state index contributed by atoms with van der Waals surface area (Å²) in [7, 11) is 4.85. The van der Waals surface area contributed by atoms with Gasteiger partial charge in [0.1, 0.15) is 5.75 Å². The van der Waals surface area contributed by atoms with Crippen LogP contribution in [0, 0.1) is 0 Å². The van der Waals surface area contributed by atoms with Crippen molar-refractivity contribution in [2.75, 3.05) is 27.9 Å². The van der Waals surface area contributed by atoms with Crippen LogP contribution in [0.3, 0.4) is 0 Å². The summed E-state index contributed by atoms with van der Waals surface area (Å²) in [6, 6.07) is 11.5. The van der Waals surface area contributed by atoms with Gasteiger partial charge in [-0.05, 0) is 36.2 Å². The van der Waals surface area contributed by atoms with Gasteiger partial charge in [0, 0.05) is 17.0 Å². The fourth-order valence-corrected chi connectivity index (χ4v) is 2.93. The van der Waals surface area contributed by atoms with Crippen LogP contribution < -0.4 is 19.9 Å². The molecule has 23 heavy (non-hydrogen) atoms. The highest BCUT2D eigenvalue weighted by atomic mass is 35.5. The van der Waals surface area contributed by atoms with E-state index in [-0.39, 0.29) is 5.92 Å². The van der Waals surface area contributed by atoms with Gasteiger partial charge in [-0.15, -0.1) is 0 Å². The van der Waals surface area contributed by atoms with Crippen LogP contribution in [0.15, 0.2) is 36.4 Å². The van der Waals surface area contributed by atoms with Gasteiger partial charge in [-0.3, -0.25) is 0 Å². The van der Waals surface area contributed by atoms with Crippen molar-refractivity contribution in [2.24, 2.45) is 5.73 Å². The minimum Gasteiger partial charge on any atom is -0.496 e. The maximum absolute atomic E-state index is 6.31. The molecule has 1 atom stereocenters. The summed E-state index contributed by atoms with van der Waals surface area (Å²) in [5.74, 6) is 2.14. The predicted molar refractivity (Wildman–Crippen MR) is 93.0 cm³/mol. The van der Waals surface area contributed by atoms with Crippen molar-refractivity contribution >= 4 is 11.6 Å². The molecule has 4 nitrogen and oxygen atoms in total. The van der Waals surface area contributed by atoms with Crippen molar-refractivity contribution in [1.82, 2.24) is 0 Å². The minimum absolute atomic E-state index is 0.0932. The molecular formula is C18H22ClNO3. The highest BCUT2D eigenvalue weighted by Gasteiger charge is 2.18. The van der Waals surface area contributed by atoms with Crippen LogP contribution in [-0.2, 0) is 6.42 Å². The van der Waals surface area contributed by atoms with Gasteiger partial charge in [0.2, 0.25) is 0 Å². The van der Waals surface area contributed by atoms with Crippen molar-refractivity contribution in [3.8, 4) is 17.2 Å². The third-order valence-electron chi connectivity index (χ3n) is 3.88. The van der Waals surface area contributed by atoms with Gasteiger partial charge in [-0.25, -0.2) is 0 Å². The molecule has 2 rings (SSSR count). The molecule has 0 saturated carbocycles. The molecule has 0 aliphatic carbocycles. The third kappa shape index (κ3) is 3.89. The quantitative estimate of drug-likeness (QED) is 0.839. The Balaban J connectivity index is 2.39. The number of rotatable bonds is 7. The van der Waals surface area contributed by atoms with E-state index >= 15 is 0 Å². The Bertz CT molecular complexity index is 661. The van der Waals surface area contributed by atoms with Crippen molar-refractivity contribution < 1.29 is 14.2 Å². The van der Waals surface area contributed by atoms with Crippen molar-refractivity contribution in [3.63, 3.8) is 0 Å². The lowest BCUT2D eigenvalue weighted by atomic mass is 9.91. The lowest BCUT2D eigenvalue weighted by Crippen LogP contribution is -2.16. The largest absolute Gasteiger partial charge is 0.496 e. The molecule has 0 fully saturated rings. The van der Waals surface area contributed by atoms with E-state index in [0.717, 1.165) is 21.9 Å². The number of hydrogen-bond donors (Lipinski definition) is 1. The second-order valence-corrected chi connectivity index (χ2v) is 5.58. The maximum Gasteiger partial charge on any atom is 0.164 e. The summed E-state index contributed by atoms with van der Waals surface area (Å²) >= 11 is 6.31. The first-order valence-corrected chi connectivity index (χ1v) is 7.75. The molecule has 0 aromatic heterocycles. The number of nitrogens with two attached hydrogens (primary N) is 1. The average molecular weight is 336 g/mol. The number of hydrogen-bond acceptors (Lipinski definition) is 4. The molecule has 0 saturated heterocycles. The van der Waals surface area contributed by atoms with E-state index in [4.69, 9.17) is 31.5 Å². The number of benzene rings is 2. The van der Waals surface area contributed by atoms with Crippen LogP contribution in [-0.4, -0.2) is 27.9 Å². The average Bonchev–Trinajstić information content (AvgIpc) is 2.59. The van der Waals surface area contributed by atoms with Gasteiger partial charge in [-0.1, -0.05) is 29.8 Å². The monoisotopic (exact) mass is 335 g/mol. The molecule has 0 aliphatic heterocycles. The van der Waals surface area contributed by atoms with Crippen molar-refractivity contribution in [2.45, 2.75) is 12.3 Å². The van der Waals surface area contributed by atoms with Crippen LogP contribution in [0.2, 0.25) is 5.02 Å². The van der Waals surface area contributed by atoms with Gasteiger partial charge in [0.05, 0.1) is 21.3 Å². The lowest BCUT2D eigenvalue weighted by molar-refractivity contribution is 0.347. The molecule has 0 aliphatic rings. The van der Waals surface area contributed by atoms with E-state index < -0.39 is 0 Å². The molecule has 2 N–H and O–H groups in total. The Labute approximate surface area is 142 Å². The van der Waals surface area contributed by atoms with E-state index in [1.54, 1.807) is 21.3 Å². The Hall–Kier alpha value is -1.91. The first-order valence-electron chi connectivity index (χ1n) is 7.38. The Morgan fingerprint density at radius 1 is 0.957 bits per heavy atom. The Kier molecular flexibility index (Phi) is 6.13. The van der Waals surface area contributed by atoms with E-state index in [1.165, 1.54) is 0 Å². The minimum atomic E-state index is 0.0932. The SMILES string of the molecule is COc1cc(OC)c(OC)cc1CC(CN)c1ccccc1Cl. The van der Waals surface area contributed by atoms with Gasteiger partial charge in [0.15, 0.2) is 11.5 Å². The Morgan fingerprint density at radius 2 is 1.57 bits per heavy atom. The highest BCUT2D eigenvalue weighted by molar-refractivity contribution is 6.31. The normalized spacial score (nSPS) is 11.9. The first-order chi connectivity index (χ1) is 11.1. The van der Waals surface area contributed by atoms with Crippen LogP contribution in [0.4, 0.5) is 0 Å². The van der Waals surface area contributed by atoms with Crippen molar-refractivity contribution in [3.05, 3.63) is 52.5 Å². The fourth-order valence-electron chi connectivity index (χ4n) is 2.64. The maximum atomic E-state index is 6.31. The highest BCUT2D eigenvalue weighted by Crippen LogP contribution is 2.37. The van der Waals surface area contributed by atoms with E-state index in [2.05, 4.69) is 0 Å². The second-order valence-electron chi connectivity index (χ2n) is 5.18. The number of halogens is 1. The van der Waals surface area contributed by atoms with E-state index in [9.17, 15) is 0 Å². The first kappa shape index (κ1) is 17.4. The fraction of sp³-hybridized carbons (Fsp3) is 0.333. The summed E-state index contributed by atoms with van der Waals surface area (Å²) in [5, 5.41) is 0.724. The van der Waals surface area contributed by atoms with Crippen LogP contribution >= 0.6 is 11.6 Å². The van der Waals surface area contributed by atoms with Gasteiger partial charge >= 0.3 is 0 Å². The topological polar surface area (TPSA) is 53.7 Å². The molecular weight excluding hydrogens is 314 g/mol. The van der Waals surface area contributed by atoms with Gasteiger partial charge in [-0.2, -0.15) is 0 Å². The number of methoxy groups -OCH3 is 3. The molecule has 2 aromatic carbocycles. The van der Waals surface area contributed by atoms with Gasteiger partial charge in [0.25, 0.3) is 0 Å². The zero-order valence-electron chi connectivity index (χ0n) is 13.6. The molecule has 0 spiro atoms. The summed E-state index contributed by atoms with van der Waals surface area (Å²) in [6.45, 7) is 0.487. The molecule has 0 amide bonds. The molecule has 2 aromatic rings. The van der Waals surface area contributed by atoms with Crippen LogP contribution in [0.5, 0.6) is 17.2 Å². The molecule has 1 unspecified atom stereocenters. The predicted octanol–water partition coefficient (Wildman–Crippen LogP) is 3.65. The van der Waals surface area contributed by atoms with Crippen LogP contribution in [0.25, 0.3) is 0 Å². The summed E-state index contributed by atoms with van der Waals surface area (Å²) in [6.07, 6.45) is 0.698.